The lowest BCUT2D eigenvalue weighted by Crippen LogP contribution is -2.58. The Bertz CT molecular complexity index is 526. The highest BCUT2D eigenvalue weighted by molar-refractivity contribution is 5.44. The van der Waals surface area contributed by atoms with Crippen molar-refractivity contribution < 1.29 is 5.11 Å². The molecule has 0 amide bonds. The predicted molar refractivity (Wildman–Crippen MR) is 92.4 cm³/mol. The lowest BCUT2D eigenvalue weighted by molar-refractivity contribution is 0.0303. The average Bonchev–Trinajstić information content (AvgIpc) is 2.50. The number of benzene rings is 1. The van der Waals surface area contributed by atoms with Crippen LogP contribution in [0.15, 0.2) is 18.2 Å². The lowest BCUT2D eigenvalue weighted by Gasteiger charge is -2.54. The molecule has 22 heavy (non-hydrogen) atoms. The van der Waals surface area contributed by atoms with Crippen molar-refractivity contribution in [2.24, 2.45) is 5.92 Å². The van der Waals surface area contributed by atoms with E-state index in [4.69, 9.17) is 0 Å². The average molecular weight is 301 g/mol. The Balaban J connectivity index is 1.79. The molecule has 3 atom stereocenters. The van der Waals surface area contributed by atoms with E-state index in [1.54, 1.807) is 0 Å². The van der Waals surface area contributed by atoms with Gasteiger partial charge in [-0.1, -0.05) is 46.1 Å². The van der Waals surface area contributed by atoms with E-state index < -0.39 is 0 Å². The van der Waals surface area contributed by atoms with E-state index in [1.165, 1.54) is 56.3 Å². The summed E-state index contributed by atoms with van der Waals surface area (Å²) in [4.78, 5) is 2.75. The van der Waals surface area contributed by atoms with Gasteiger partial charge in [0.25, 0.3) is 0 Å². The molecule has 0 saturated carbocycles. The monoisotopic (exact) mass is 301 g/mol. The van der Waals surface area contributed by atoms with Gasteiger partial charge in [0.2, 0.25) is 0 Å². The van der Waals surface area contributed by atoms with Crippen LogP contribution in [0.2, 0.25) is 0 Å². The third-order valence-electron chi connectivity index (χ3n) is 6.41. The Labute approximate surface area is 135 Å². The van der Waals surface area contributed by atoms with Crippen molar-refractivity contribution in [1.82, 2.24) is 4.90 Å². The van der Waals surface area contributed by atoms with Crippen molar-refractivity contribution in [3.8, 4) is 5.75 Å². The highest BCUT2D eigenvalue weighted by atomic mass is 16.3. The van der Waals surface area contributed by atoms with Gasteiger partial charge in [-0.3, -0.25) is 4.90 Å². The number of phenolic OH excluding ortho intramolecular Hbond substituents is 1. The molecule has 0 unspecified atom stereocenters. The fourth-order valence-electron chi connectivity index (χ4n) is 4.71. The SMILES string of the molecule is CCCCCCN1CC[C@@]2(C)c3cc(O)ccc3C[C@@H]1[C@H]2C. The first-order valence-corrected chi connectivity index (χ1v) is 9.12. The molecule has 2 aliphatic rings. The van der Waals surface area contributed by atoms with E-state index in [1.807, 2.05) is 12.1 Å². The summed E-state index contributed by atoms with van der Waals surface area (Å²) in [6, 6.07) is 6.72. The second kappa shape index (κ2) is 6.23. The number of fused-ring (bicyclic) bond motifs is 4. The summed E-state index contributed by atoms with van der Waals surface area (Å²) in [7, 11) is 0. The van der Waals surface area contributed by atoms with Crippen LogP contribution in [0.1, 0.15) is 64.0 Å². The fourth-order valence-corrected chi connectivity index (χ4v) is 4.71. The molecule has 0 radical (unpaired) electrons. The molecule has 122 valence electrons. The van der Waals surface area contributed by atoms with Crippen LogP contribution in [0.4, 0.5) is 0 Å². The van der Waals surface area contributed by atoms with Crippen molar-refractivity contribution >= 4 is 0 Å². The van der Waals surface area contributed by atoms with Gasteiger partial charge in [-0.2, -0.15) is 0 Å². The summed E-state index contributed by atoms with van der Waals surface area (Å²) in [5.41, 5.74) is 3.10. The molecule has 1 fully saturated rings. The van der Waals surface area contributed by atoms with Crippen LogP contribution in [0.25, 0.3) is 0 Å². The molecule has 1 heterocycles. The second-order valence-corrected chi connectivity index (χ2v) is 7.67. The van der Waals surface area contributed by atoms with Crippen molar-refractivity contribution in [1.29, 1.82) is 0 Å². The zero-order valence-electron chi connectivity index (χ0n) is 14.4. The predicted octanol–water partition coefficient (Wildman–Crippen LogP) is 4.50. The maximum atomic E-state index is 9.89. The quantitative estimate of drug-likeness (QED) is 0.810. The molecule has 0 spiro atoms. The largest absolute Gasteiger partial charge is 0.508 e. The normalized spacial score (nSPS) is 31.0. The number of aromatic hydroxyl groups is 1. The van der Waals surface area contributed by atoms with E-state index in [2.05, 4.69) is 31.7 Å². The summed E-state index contributed by atoms with van der Waals surface area (Å²) in [6.45, 7) is 9.60. The van der Waals surface area contributed by atoms with E-state index in [0.29, 0.717) is 17.7 Å². The van der Waals surface area contributed by atoms with Gasteiger partial charge in [0.05, 0.1) is 0 Å². The first-order chi connectivity index (χ1) is 10.6. The Hall–Kier alpha value is -1.02. The van der Waals surface area contributed by atoms with E-state index in [9.17, 15) is 5.11 Å². The van der Waals surface area contributed by atoms with Gasteiger partial charge in [-0.25, -0.2) is 0 Å². The van der Waals surface area contributed by atoms with Gasteiger partial charge in [-0.05, 0) is 66.9 Å². The number of rotatable bonds is 5. The van der Waals surface area contributed by atoms with Crippen LogP contribution in [0, 0.1) is 5.92 Å². The molecular weight excluding hydrogens is 270 g/mol. The van der Waals surface area contributed by atoms with Crippen molar-refractivity contribution in [3.63, 3.8) is 0 Å². The Morgan fingerprint density at radius 3 is 2.86 bits per heavy atom. The summed E-state index contributed by atoms with van der Waals surface area (Å²) in [6.07, 6.45) is 7.77. The molecule has 1 aromatic carbocycles. The number of unbranched alkanes of at least 4 members (excludes halogenated alkanes) is 3. The molecule has 2 heteroatoms. The van der Waals surface area contributed by atoms with Gasteiger partial charge in [0.15, 0.2) is 0 Å². The van der Waals surface area contributed by atoms with Gasteiger partial charge >= 0.3 is 0 Å². The van der Waals surface area contributed by atoms with Crippen molar-refractivity contribution in [2.75, 3.05) is 13.1 Å². The first-order valence-electron chi connectivity index (χ1n) is 9.12. The minimum absolute atomic E-state index is 0.233. The highest BCUT2D eigenvalue weighted by Gasteiger charge is 2.48. The fraction of sp³-hybridized carbons (Fsp3) is 0.700. The van der Waals surface area contributed by atoms with Crippen LogP contribution < -0.4 is 0 Å². The Morgan fingerprint density at radius 2 is 2.09 bits per heavy atom. The number of nitrogens with zero attached hydrogens (tertiary/aromatic N) is 1. The van der Waals surface area contributed by atoms with Crippen LogP contribution in [-0.2, 0) is 11.8 Å². The van der Waals surface area contributed by atoms with Gasteiger partial charge in [0.1, 0.15) is 5.75 Å². The third-order valence-corrected chi connectivity index (χ3v) is 6.41. The maximum absolute atomic E-state index is 9.89. The lowest BCUT2D eigenvalue weighted by atomic mass is 9.59. The van der Waals surface area contributed by atoms with E-state index in [-0.39, 0.29) is 5.41 Å². The Morgan fingerprint density at radius 1 is 1.27 bits per heavy atom. The zero-order chi connectivity index (χ0) is 15.7. The molecule has 1 saturated heterocycles. The molecule has 2 nitrogen and oxygen atoms in total. The summed E-state index contributed by atoms with van der Waals surface area (Å²) < 4.78 is 0. The standard InChI is InChI=1S/C20H31NO/c1-4-5-6-7-11-21-12-10-20(3)15(2)19(21)13-16-8-9-17(22)14-18(16)20/h8-9,14-15,19,22H,4-7,10-13H2,1-3H3/t15-,19-,20-/m1/s1. The van der Waals surface area contributed by atoms with Gasteiger partial charge < -0.3 is 5.11 Å². The molecular formula is C20H31NO. The molecule has 0 aromatic heterocycles. The summed E-state index contributed by atoms with van der Waals surface area (Å²) in [5.74, 6) is 1.09. The smallest absolute Gasteiger partial charge is 0.115 e. The number of hydrogen-bond acceptors (Lipinski definition) is 2. The van der Waals surface area contributed by atoms with Crippen LogP contribution in [-0.4, -0.2) is 29.1 Å². The number of likely N-dealkylation sites (tertiary alicyclic amines) is 1. The summed E-state index contributed by atoms with van der Waals surface area (Å²) in [5, 5.41) is 9.89. The van der Waals surface area contributed by atoms with Crippen LogP contribution in [0.5, 0.6) is 5.75 Å². The highest BCUT2D eigenvalue weighted by Crippen LogP contribution is 2.49. The Kier molecular flexibility index (Phi) is 4.49. The number of phenols is 1. The van der Waals surface area contributed by atoms with Crippen molar-refractivity contribution in [2.45, 2.75) is 70.8 Å². The maximum Gasteiger partial charge on any atom is 0.115 e. The van der Waals surface area contributed by atoms with Gasteiger partial charge in [0, 0.05) is 6.04 Å². The number of piperidine rings is 1. The number of hydrogen-bond donors (Lipinski definition) is 1. The molecule has 1 aromatic rings. The minimum Gasteiger partial charge on any atom is -0.508 e. The second-order valence-electron chi connectivity index (χ2n) is 7.67. The van der Waals surface area contributed by atoms with Gasteiger partial charge in [-0.15, -0.1) is 0 Å². The molecule has 3 rings (SSSR count). The van der Waals surface area contributed by atoms with E-state index in [0.717, 1.165) is 6.42 Å². The summed E-state index contributed by atoms with van der Waals surface area (Å²) >= 11 is 0. The van der Waals surface area contributed by atoms with Crippen LogP contribution in [0.3, 0.4) is 0 Å². The van der Waals surface area contributed by atoms with Crippen molar-refractivity contribution in [3.05, 3.63) is 29.3 Å². The third kappa shape index (κ3) is 2.67. The molecule has 1 aliphatic heterocycles. The molecule has 1 aliphatic carbocycles. The minimum atomic E-state index is 0.233. The van der Waals surface area contributed by atoms with E-state index >= 15 is 0 Å². The molecule has 2 bridgehead atoms. The van der Waals surface area contributed by atoms with Crippen LogP contribution >= 0.6 is 0 Å². The first kappa shape index (κ1) is 15.9. The molecule has 1 N–H and O–H groups in total. The topological polar surface area (TPSA) is 23.5 Å². The zero-order valence-corrected chi connectivity index (χ0v) is 14.4.